The summed E-state index contributed by atoms with van der Waals surface area (Å²) < 4.78 is 42.6. The van der Waals surface area contributed by atoms with Crippen LogP contribution in [0.4, 0.5) is 21.5 Å². The summed E-state index contributed by atoms with van der Waals surface area (Å²) in [6.45, 7) is 1.81. The Kier molecular flexibility index (Phi) is 4.22. The van der Waals surface area contributed by atoms with E-state index in [1.54, 1.807) is 36.1 Å². The van der Waals surface area contributed by atoms with Crippen molar-refractivity contribution in [3.8, 4) is 0 Å². The number of halogens is 1. The van der Waals surface area contributed by atoms with Crippen molar-refractivity contribution in [1.82, 2.24) is 0 Å². The number of rotatable bonds is 4. The fourth-order valence-corrected chi connectivity index (χ4v) is 4.33. The molecule has 0 bridgehead atoms. The van der Waals surface area contributed by atoms with E-state index < -0.39 is 10.0 Å². The molecule has 0 radical (unpaired) electrons. The number of anilines is 3. The molecule has 1 aliphatic carbocycles. The summed E-state index contributed by atoms with van der Waals surface area (Å²) in [7, 11) is -3.89. The minimum Gasteiger partial charge on any atom is -0.326 e. The van der Waals surface area contributed by atoms with Crippen LogP contribution in [-0.2, 0) is 14.8 Å². The van der Waals surface area contributed by atoms with E-state index in [1.807, 2.05) is 0 Å². The predicted molar refractivity (Wildman–Crippen MR) is 101 cm³/mol. The molecule has 0 aromatic heterocycles. The van der Waals surface area contributed by atoms with Crippen LogP contribution in [0.25, 0.3) is 0 Å². The van der Waals surface area contributed by atoms with Crippen LogP contribution in [0.15, 0.2) is 51.8 Å². The van der Waals surface area contributed by atoms with Crippen molar-refractivity contribution < 1.29 is 17.6 Å². The van der Waals surface area contributed by atoms with E-state index >= 15 is 0 Å². The van der Waals surface area contributed by atoms with Crippen molar-refractivity contribution in [2.75, 3.05) is 10.2 Å². The first kappa shape index (κ1) is 17.7. The number of amidine groups is 1. The number of fused-ring (bicyclic) bond motifs is 1. The zero-order valence-electron chi connectivity index (χ0n) is 14.6. The Balaban J connectivity index is 1.80. The summed E-state index contributed by atoms with van der Waals surface area (Å²) in [5.41, 5.74) is 1.46. The van der Waals surface area contributed by atoms with E-state index in [9.17, 15) is 17.6 Å². The fraction of sp³-hybridized carbons (Fsp3) is 0.263. The van der Waals surface area contributed by atoms with Crippen molar-refractivity contribution in [1.29, 1.82) is 0 Å². The van der Waals surface area contributed by atoms with Gasteiger partial charge in [-0.25, -0.2) is 4.39 Å². The highest BCUT2D eigenvalue weighted by molar-refractivity contribution is 7.90. The molecule has 1 N–H and O–H groups in total. The van der Waals surface area contributed by atoms with E-state index in [4.69, 9.17) is 0 Å². The van der Waals surface area contributed by atoms with E-state index in [0.29, 0.717) is 29.3 Å². The van der Waals surface area contributed by atoms with Gasteiger partial charge in [0.2, 0.25) is 5.91 Å². The topological polar surface area (TPSA) is 78.8 Å². The van der Waals surface area contributed by atoms with Crippen LogP contribution in [0.3, 0.4) is 0 Å². The minimum atomic E-state index is -3.89. The SMILES string of the molecule is CCC1=NS(=O)(=O)c2cc(NC(=O)C3CC3)ccc2N1c1ccc(F)cc1. The number of benzene rings is 2. The molecular weight excluding hydrogens is 369 g/mol. The second-order valence-corrected chi connectivity index (χ2v) is 8.17. The summed E-state index contributed by atoms with van der Waals surface area (Å²) in [5.74, 6) is -0.116. The molecule has 0 unspecified atom stereocenters. The molecule has 0 saturated heterocycles. The zero-order valence-corrected chi connectivity index (χ0v) is 15.5. The predicted octanol–water partition coefficient (Wildman–Crippen LogP) is 3.82. The molecule has 1 heterocycles. The van der Waals surface area contributed by atoms with Gasteiger partial charge in [-0.15, -0.1) is 4.40 Å². The Morgan fingerprint density at radius 1 is 1.22 bits per heavy atom. The first-order valence-corrected chi connectivity index (χ1v) is 10.2. The molecule has 1 aliphatic heterocycles. The molecule has 4 rings (SSSR count). The van der Waals surface area contributed by atoms with Crippen LogP contribution in [0.2, 0.25) is 0 Å². The van der Waals surface area contributed by atoms with Crippen molar-refractivity contribution in [2.45, 2.75) is 31.1 Å². The number of carbonyl (C=O) groups is 1. The standard InChI is InChI=1S/C19H18FN3O3S/c1-2-18-22-27(25,26)17-11-14(21-19(24)12-3-4-12)7-10-16(17)23(18)15-8-5-13(20)6-9-15/h5-12H,2-4H2,1H3,(H,21,24). The van der Waals surface area contributed by atoms with Gasteiger partial charge in [0.25, 0.3) is 10.0 Å². The van der Waals surface area contributed by atoms with Gasteiger partial charge in [-0.2, -0.15) is 8.42 Å². The van der Waals surface area contributed by atoms with Gasteiger partial charge in [0.15, 0.2) is 0 Å². The maximum Gasteiger partial charge on any atom is 0.286 e. The Labute approximate surface area is 156 Å². The molecule has 1 saturated carbocycles. The van der Waals surface area contributed by atoms with Crippen LogP contribution >= 0.6 is 0 Å². The molecular formula is C19H18FN3O3S. The Hall–Kier alpha value is -2.74. The lowest BCUT2D eigenvalue weighted by molar-refractivity contribution is -0.117. The number of nitrogens with zero attached hydrogens (tertiary/aromatic N) is 2. The van der Waals surface area contributed by atoms with Crippen LogP contribution in [0.1, 0.15) is 26.2 Å². The van der Waals surface area contributed by atoms with Gasteiger partial charge in [0, 0.05) is 23.7 Å². The van der Waals surface area contributed by atoms with Gasteiger partial charge in [0.05, 0.1) is 5.69 Å². The Morgan fingerprint density at radius 2 is 1.93 bits per heavy atom. The average molecular weight is 387 g/mol. The third kappa shape index (κ3) is 3.32. The van der Waals surface area contributed by atoms with E-state index in [0.717, 1.165) is 12.8 Å². The van der Waals surface area contributed by atoms with Gasteiger partial charge in [-0.05, 0) is 55.3 Å². The maximum absolute atomic E-state index is 13.3. The number of amides is 1. The molecule has 1 fully saturated rings. The average Bonchev–Trinajstić information content (AvgIpc) is 3.48. The molecule has 2 aromatic carbocycles. The maximum atomic E-state index is 13.3. The molecule has 0 atom stereocenters. The first-order valence-electron chi connectivity index (χ1n) is 8.73. The highest BCUT2D eigenvalue weighted by Gasteiger charge is 2.33. The summed E-state index contributed by atoms with van der Waals surface area (Å²) in [6.07, 6.45) is 2.10. The van der Waals surface area contributed by atoms with Gasteiger partial charge < -0.3 is 5.32 Å². The monoisotopic (exact) mass is 387 g/mol. The second kappa shape index (κ2) is 6.45. The molecule has 2 aliphatic rings. The van der Waals surface area contributed by atoms with Crippen molar-refractivity contribution in [3.63, 3.8) is 0 Å². The Morgan fingerprint density at radius 3 is 2.56 bits per heavy atom. The quantitative estimate of drug-likeness (QED) is 0.865. The lowest BCUT2D eigenvalue weighted by atomic mass is 10.2. The van der Waals surface area contributed by atoms with Crippen molar-refractivity contribution >= 4 is 38.8 Å². The molecule has 8 heteroatoms. The minimum absolute atomic E-state index is 0.0117. The third-order valence-corrected chi connectivity index (χ3v) is 5.91. The number of hydrogen-bond donors (Lipinski definition) is 1. The number of hydrogen-bond acceptors (Lipinski definition) is 4. The van der Waals surface area contributed by atoms with Crippen LogP contribution < -0.4 is 10.2 Å². The molecule has 1 amide bonds. The van der Waals surface area contributed by atoms with Gasteiger partial charge >= 0.3 is 0 Å². The van der Waals surface area contributed by atoms with Crippen LogP contribution in [-0.4, -0.2) is 20.2 Å². The first-order chi connectivity index (χ1) is 12.9. The Bertz CT molecular complexity index is 1040. The number of carbonyl (C=O) groups excluding carboxylic acids is 1. The van der Waals surface area contributed by atoms with E-state index in [-0.39, 0.29) is 22.5 Å². The zero-order chi connectivity index (χ0) is 19.2. The number of nitrogens with one attached hydrogen (secondary N) is 1. The van der Waals surface area contributed by atoms with Crippen molar-refractivity contribution in [3.05, 3.63) is 48.3 Å². The lowest BCUT2D eigenvalue weighted by Crippen LogP contribution is -2.31. The largest absolute Gasteiger partial charge is 0.326 e. The van der Waals surface area contributed by atoms with Crippen LogP contribution in [0, 0.1) is 11.7 Å². The third-order valence-electron chi connectivity index (χ3n) is 4.58. The molecule has 140 valence electrons. The molecule has 27 heavy (non-hydrogen) atoms. The second-order valence-electron chi connectivity index (χ2n) is 6.59. The molecule has 0 spiro atoms. The smallest absolute Gasteiger partial charge is 0.286 e. The highest BCUT2D eigenvalue weighted by atomic mass is 32.2. The highest BCUT2D eigenvalue weighted by Crippen LogP contribution is 2.39. The summed E-state index contributed by atoms with van der Waals surface area (Å²) in [6, 6.07) is 10.5. The van der Waals surface area contributed by atoms with Gasteiger partial charge in [0.1, 0.15) is 16.5 Å². The van der Waals surface area contributed by atoms with Crippen molar-refractivity contribution in [2.24, 2.45) is 10.3 Å². The van der Waals surface area contributed by atoms with E-state index in [1.165, 1.54) is 18.2 Å². The summed E-state index contributed by atoms with van der Waals surface area (Å²) in [4.78, 5) is 13.7. The molecule has 2 aromatic rings. The van der Waals surface area contributed by atoms with E-state index in [2.05, 4.69) is 9.71 Å². The summed E-state index contributed by atoms with van der Waals surface area (Å²) >= 11 is 0. The van der Waals surface area contributed by atoms with Gasteiger partial charge in [-0.3, -0.25) is 9.69 Å². The number of sulfonamides is 1. The van der Waals surface area contributed by atoms with Crippen LogP contribution in [0.5, 0.6) is 0 Å². The fourth-order valence-electron chi connectivity index (χ4n) is 3.04. The normalized spacial score (nSPS) is 17.9. The lowest BCUT2D eigenvalue weighted by Gasteiger charge is -2.31. The summed E-state index contributed by atoms with van der Waals surface area (Å²) in [5, 5.41) is 2.76. The molecule has 6 nitrogen and oxygen atoms in total. The van der Waals surface area contributed by atoms with Gasteiger partial charge in [-0.1, -0.05) is 6.92 Å².